The second kappa shape index (κ2) is 11.4. The number of nitriles is 1. The Balaban J connectivity index is 1.86. The quantitative estimate of drug-likeness (QED) is 0.250. The molecule has 3 rings (SSSR count). The van der Waals surface area contributed by atoms with Crippen LogP contribution in [0.3, 0.4) is 0 Å². The van der Waals surface area contributed by atoms with Crippen molar-refractivity contribution in [1.82, 2.24) is 0 Å². The Labute approximate surface area is 191 Å². The summed E-state index contributed by atoms with van der Waals surface area (Å²) >= 11 is 5.34. The molecule has 30 heavy (non-hydrogen) atoms. The van der Waals surface area contributed by atoms with Crippen molar-refractivity contribution in [3.05, 3.63) is 118 Å². The van der Waals surface area contributed by atoms with E-state index in [1.165, 1.54) is 10.5 Å². The molecule has 0 fully saturated rings. The molecule has 0 aliphatic carbocycles. The monoisotopic (exact) mass is 474 g/mol. The van der Waals surface area contributed by atoms with Gasteiger partial charge < -0.3 is 4.90 Å². The number of anilines is 1. The number of allylic oxidation sites excluding steroid dienone is 3. The minimum atomic E-state index is 0.0840. The van der Waals surface area contributed by atoms with Gasteiger partial charge in [0.05, 0.1) is 0 Å². The smallest absolute Gasteiger partial charge is 0.117 e. The highest BCUT2D eigenvalue weighted by atomic mass is 79.9. The van der Waals surface area contributed by atoms with E-state index in [9.17, 15) is 5.26 Å². The Bertz CT molecular complexity index is 1040. The average molecular weight is 475 g/mol. The fourth-order valence-corrected chi connectivity index (χ4v) is 4.23. The second-order valence-electron chi connectivity index (χ2n) is 6.78. The van der Waals surface area contributed by atoms with Crippen LogP contribution >= 0.6 is 27.7 Å². The van der Waals surface area contributed by atoms with Crippen molar-refractivity contribution in [1.29, 1.82) is 5.26 Å². The summed E-state index contributed by atoms with van der Waals surface area (Å²) in [6, 6.07) is 30.9. The lowest BCUT2D eigenvalue weighted by atomic mass is 9.98. The van der Waals surface area contributed by atoms with Crippen molar-refractivity contribution in [2.45, 2.75) is 11.3 Å². The lowest BCUT2D eigenvalue weighted by Crippen LogP contribution is -2.16. The van der Waals surface area contributed by atoms with E-state index in [0.717, 1.165) is 16.6 Å². The van der Waals surface area contributed by atoms with Crippen LogP contribution in [0.4, 0.5) is 5.69 Å². The van der Waals surface area contributed by atoms with Gasteiger partial charge in [-0.3, -0.25) is 0 Å². The molecule has 0 N–H and O–H groups in total. The number of hydrogen-bond donors (Lipinski definition) is 0. The molecule has 0 aliphatic rings. The number of hydrogen-bond acceptors (Lipinski definition) is 3. The van der Waals surface area contributed by atoms with Gasteiger partial charge in [-0.15, -0.1) is 0 Å². The number of para-hydroxylation sites is 1. The zero-order valence-corrected chi connectivity index (χ0v) is 19.2. The zero-order valence-electron chi connectivity index (χ0n) is 16.8. The summed E-state index contributed by atoms with van der Waals surface area (Å²) in [5, 5.41) is 11.9. The molecule has 0 radical (unpaired) electrons. The van der Waals surface area contributed by atoms with Crippen LogP contribution in [-0.4, -0.2) is 7.05 Å². The molecule has 4 heteroatoms. The second-order valence-corrected chi connectivity index (χ2v) is 8.61. The summed E-state index contributed by atoms with van der Waals surface area (Å²) < 4.78 is 1.09. The van der Waals surface area contributed by atoms with E-state index >= 15 is 0 Å². The minimum absolute atomic E-state index is 0.0840. The summed E-state index contributed by atoms with van der Waals surface area (Å²) in [6.45, 7) is 0. The van der Waals surface area contributed by atoms with E-state index in [4.69, 9.17) is 0 Å². The third-order valence-corrected chi connectivity index (χ3v) is 6.29. The third-order valence-electron chi connectivity index (χ3n) is 4.68. The Morgan fingerprint density at radius 1 is 1.00 bits per heavy atom. The predicted molar refractivity (Wildman–Crippen MR) is 131 cm³/mol. The summed E-state index contributed by atoms with van der Waals surface area (Å²) in [5.74, 6) is 0.0840. The normalized spacial score (nSPS) is 12.5. The Morgan fingerprint density at radius 2 is 1.63 bits per heavy atom. The lowest BCUT2D eigenvalue weighted by molar-refractivity contribution is 0.794. The van der Waals surface area contributed by atoms with Crippen molar-refractivity contribution in [3.63, 3.8) is 0 Å². The maximum absolute atomic E-state index is 9.83. The molecule has 2 nitrogen and oxygen atoms in total. The van der Waals surface area contributed by atoms with Crippen molar-refractivity contribution >= 4 is 33.4 Å². The van der Waals surface area contributed by atoms with Gasteiger partial charge in [-0.05, 0) is 53.8 Å². The number of nitrogens with zero attached hydrogens (tertiary/aromatic N) is 2. The Hall–Kier alpha value is -2.74. The average Bonchev–Trinajstić information content (AvgIpc) is 2.79. The van der Waals surface area contributed by atoms with Crippen LogP contribution < -0.4 is 4.90 Å². The Morgan fingerprint density at radius 3 is 2.30 bits per heavy atom. The largest absolute Gasteiger partial charge is 0.336 e. The molecule has 150 valence electrons. The molecule has 1 unspecified atom stereocenters. The number of thioether (sulfide) groups is 1. The van der Waals surface area contributed by atoms with E-state index in [1.54, 1.807) is 11.8 Å². The van der Waals surface area contributed by atoms with Crippen LogP contribution in [0.25, 0.3) is 0 Å². The van der Waals surface area contributed by atoms with Crippen LogP contribution in [-0.2, 0) is 6.42 Å². The molecule has 0 aliphatic heterocycles. The number of halogens is 1. The fourth-order valence-electron chi connectivity index (χ4n) is 3.04. The number of benzene rings is 3. The SMILES string of the molecule is CN(/C(C#N)=C\C(/C=C/Sc1ccccc1)Cc1ccccc1Br)c1ccccc1. The highest BCUT2D eigenvalue weighted by Crippen LogP contribution is 2.25. The first-order chi connectivity index (χ1) is 14.7. The third kappa shape index (κ3) is 6.38. The zero-order chi connectivity index (χ0) is 21.2. The van der Waals surface area contributed by atoms with E-state index < -0.39 is 0 Å². The highest BCUT2D eigenvalue weighted by Gasteiger charge is 2.12. The summed E-state index contributed by atoms with van der Waals surface area (Å²) in [4.78, 5) is 3.13. The van der Waals surface area contributed by atoms with Crippen LogP contribution in [0, 0.1) is 17.2 Å². The van der Waals surface area contributed by atoms with Crippen molar-refractivity contribution in [2.24, 2.45) is 5.92 Å². The van der Waals surface area contributed by atoms with Crippen LogP contribution in [0.1, 0.15) is 5.56 Å². The first-order valence-corrected chi connectivity index (χ1v) is 11.4. The van der Waals surface area contributed by atoms with Crippen molar-refractivity contribution < 1.29 is 0 Å². The van der Waals surface area contributed by atoms with Gasteiger partial charge in [-0.1, -0.05) is 88.4 Å². The molecule has 0 spiro atoms. The molecule has 3 aromatic carbocycles. The molecule has 0 amide bonds. The fraction of sp³-hybridized carbons (Fsp3) is 0.115. The first-order valence-electron chi connectivity index (χ1n) is 9.70. The molecule has 0 saturated carbocycles. The van der Waals surface area contributed by atoms with Crippen molar-refractivity contribution in [3.8, 4) is 6.07 Å². The summed E-state index contributed by atoms with van der Waals surface area (Å²) in [7, 11) is 1.93. The molecular weight excluding hydrogens is 452 g/mol. The van der Waals surface area contributed by atoms with E-state index in [2.05, 4.69) is 63.8 Å². The van der Waals surface area contributed by atoms with Crippen LogP contribution in [0.2, 0.25) is 0 Å². The maximum Gasteiger partial charge on any atom is 0.117 e. The van der Waals surface area contributed by atoms with E-state index in [0.29, 0.717) is 5.70 Å². The van der Waals surface area contributed by atoms with E-state index in [1.807, 2.05) is 72.6 Å². The summed E-state index contributed by atoms with van der Waals surface area (Å²) in [6.07, 6.45) is 5.03. The van der Waals surface area contributed by atoms with Gasteiger partial charge in [-0.2, -0.15) is 5.26 Å². The molecule has 0 heterocycles. The van der Waals surface area contributed by atoms with Gasteiger partial charge >= 0.3 is 0 Å². The molecule has 0 bridgehead atoms. The Kier molecular flexibility index (Phi) is 8.38. The predicted octanol–water partition coefficient (Wildman–Crippen LogP) is 7.46. The molecular formula is C26H23BrN2S. The van der Waals surface area contributed by atoms with Gasteiger partial charge in [0.25, 0.3) is 0 Å². The van der Waals surface area contributed by atoms with Gasteiger partial charge in [0.15, 0.2) is 0 Å². The number of rotatable bonds is 8. The molecule has 3 aromatic rings. The van der Waals surface area contributed by atoms with Crippen LogP contribution in [0.15, 0.2) is 118 Å². The minimum Gasteiger partial charge on any atom is -0.336 e. The molecule has 1 atom stereocenters. The van der Waals surface area contributed by atoms with E-state index in [-0.39, 0.29) is 5.92 Å². The van der Waals surface area contributed by atoms with Crippen molar-refractivity contribution in [2.75, 3.05) is 11.9 Å². The van der Waals surface area contributed by atoms with Gasteiger partial charge in [0.2, 0.25) is 0 Å². The maximum atomic E-state index is 9.83. The lowest BCUT2D eigenvalue weighted by Gasteiger charge is -2.20. The highest BCUT2D eigenvalue weighted by molar-refractivity contribution is 9.10. The first kappa shape index (κ1) is 22.0. The standard InChI is InChI=1S/C26H23BrN2S/c1-29(23-11-4-2-5-12-23)24(20-28)19-21(18-22-10-8-9-15-26(22)27)16-17-30-25-13-6-3-7-14-25/h2-17,19,21H,18H2,1H3/b17-16+,24-19-. The summed E-state index contributed by atoms with van der Waals surface area (Å²) in [5.41, 5.74) is 2.84. The van der Waals surface area contributed by atoms with Gasteiger partial charge in [-0.25, -0.2) is 0 Å². The molecule has 0 aromatic heterocycles. The molecule has 0 saturated heterocycles. The van der Waals surface area contributed by atoms with Gasteiger partial charge in [0.1, 0.15) is 11.8 Å². The topological polar surface area (TPSA) is 27.0 Å². The van der Waals surface area contributed by atoms with Crippen LogP contribution in [0.5, 0.6) is 0 Å². The van der Waals surface area contributed by atoms with Gasteiger partial charge in [0, 0.05) is 28.0 Å².